The fraction of sp³-hybridized carbons (Fsp3) is 0.333. The molecule has 0 saturated heterocycles. The number of nitrogens with zero attached hydrogens (tertiary/aromatic N) is 4. The summed E-state index contributed by atoms with van der Waals surface area (Å²) in [6, 6.07) is 5.55. The number of aromatic nitrogens is 4. The minimum atomic E-state index is -0.856. The first-order valence-corrected chi connectivity index (χ1v) is 6.83. The Bertz CT molecular complexity index is 580. The van der Waals surface area contributed by atoms with Gasteiger partial charge in [-0.1, -0.05) is 18.7 Å². The third-order valence-corrected chi connectivity index (χ3v) is 3.41. The van der Waals surface area contributed by atoms with E-state index in [0.29, 0.717) is 5.82 Å². The lowest BCUT2D eigenvalue weighted by atomic mass is 10.3. The Morgan fingerprint density at radius 2 is 2.21 bits per heavy atom. The summed E-state index contributed by atoms with van der Waals surface area (Å²) in [6.45, 7) is 3.86. The largest absolute Gasteiger partial charge is 0.481 e. The summed E-state index contributed by atoms with van der Waals surface area (Å²) >= 11 is 1.22. The van der Waals surface area contributed by atoms with E-state index >= 15 is 0 Å². The lowest BCUT2D eigenvalue weighted by molar-refractivity contribution is -0.133. The first kappa shape index (κ1) is 13.5. The second-order valence-electron chi connectivity index (χ2n) is 3.95. The molecule has 0 aliphatic heterocycles. The number of rotatable bonds is 5. The van der Waals surface area contributed by atoms with Crippen LogP contribution in [-0.2, 0) is 11.2 Å². The molecular formula is C12H14N4O2S. The van der Waals surface area contributed by atoms with E-state index in [1.165, 1.54) is 11.8 Å². The van der Waals surface area contributed by atoms with Crippen LogP contribution in [0.2, 0.25) is 0 Å². The van der Waals surface area contributed by atoms with Crippen LogP contribution < -0.4 is 0 Å². The topological polar surface area (TPSA) is 80.9 Å². The Hall–Kier alpha value is -1.89. The van der Waals surface area contributed by atoms with Gasteiger partial charge in [-0.15, -0.1) is 5.10 Å². The molecule has 0 unspecified atom stereocenters. The average molecular weight is 278 g/mol. The molecule has 0 amide bonds. The summed E-state index contributed by atoms with van der Waals surface area (Å²) in [5, 5.41) is 22.0. The van der Waals surface area contributed by atoms with Gasteiger partial charge in [-0.25, -0.2) is 4.68 Å². The van der Waals surface area contributed by atoms with Crippen molar-refractivity contribution in [2.24, 2.45) is 0 Å². The Labute approximate surface area is 114 Å². The fourth-order valence-corrected chi connectivity index (χ4v) is 2.24. The van der Waals surface area contributed by atoms with Crippen LogP contribution in [0.4, 0.5) is 0 Å². The summed E-state index contributed by atoms with van der Waals surface area (Å²) < 4.78 is 1.64. The van der Waals surface area contributed by atoms with E-state index < -0.39 is 5.97 Å². The standard InChI is InChI=1S/C12H14N4O2S/c1-3-9-6-11(19-7-12(17)18)16(15-9)10-5-4-8(2)13-14-10/h4-6H,3,7H2,1-2H3,(H,17,18). The molecule has 0 radical (unpaired) electrons. The lowest BCUT2D eigenvalue weighted by Crippen LogP contribution is -2.05. The Kier molecular flexibility index (Phi) is 4.16. The molecule has 2 aromatic heterocycles. The number of aliphatic carboxylic acids is 1. The molecule has 0 atom stereocenters. The maximum absolute atomic E-state index is 10.7. The monoisotopic (exact) mass is 278 g/mol. The van der Waals surface area contributed by atoms with Crippen LogP contribution in [-0.4, -0.2) is 36.8 Å². The molecule has 0 spiro atoms. The van der Waals surface area contributed by atoms with E-state index in [-0.39, 0.29) is 5.75 Å². The first-order chi connectivity index (χ1) is 9.10. The van der Waals surface area contributed by atoms with Gasteiger partial charge in [0.15, 0.2) is 5.82 Å². The summed E-state index contributed by atoms with van der Waals surface area (Å²) in [4.78, 5) is 10.7. The van der Waals surface area contributed by atoms with Gasteiger partial charge in [0.1, 0.15) is 5.03 Å². The zero-order valence-corrected chi connectivity index (χ0v) is 11.5. The molecule has 100 valence electrons. The van der Waals surface area contributed by atoms with Gasteiger partial charge in [-0.3, -0.25) is 4.79 Å². The molecule has 0 saturated carbocycles. The van der Waals surface area contributed by atoms with Gasteiger partial charge >= 0.3 is 5.97 Å². The van der Waals surface area contributed by atoms with E-state index in [4.69, 9.17) is 5.11 Å². The molecule has 2 rings (SSSR count). The van der Waals surface area contributed by atoms with Crippen LogP contribution in [0.15, 0.2) is 23.2 Å². The lowest BCUT2D eigenvalue weighted by Gasteiger charge is -2.04. The molecule has 0 aliphatic rings. The molecule has 19 heavy (non-hydrogen) atoms. The highest BCUT2D eigenvalue weighted by atomic mass is 32.2. The van der Waals surface area contributed by atoms with E-state index in [9.17, 15) is 4.79 Å². The van der Waals surface area contributed by atoms with Crippen LogP contribution in [0.5, 0.6) is 0 Å². The van der Waals surface area contributed by atoms with Crippen molar-refractivity contribution in [2.75, 3.05) is 5.75 Å². The molecular weight excluding hydrogens is 264 g/mol. The molecule has 7 heteroatoms. The van der Waals surface area contributed by atoms with E-state index in [1.54, 1.807) is 4.68 Å². The van der Waals surface area contributed by atoms with Crippen LogP contribution in [0.1, 0.15) is 18.3 Å². The number of thioether (sulfide) groups is 1. The molecule has 0 bridgehead atoms. The third-order valence-electron chi connectivity index (χ3n) is 2.43. The minimum Gasteiger partial charge on any atom is -0.481 e. The Morgan fingerprint density at radius 1 is 1.42 bits per heavy atom. The molecule has 0 aliphatic carbocycles. The van der Waals surface area contributed by atoms with Crippen LogP contribution >= 0.6 is 11.8 Å². The summed E-state index contributed by atoms with van der Waals surface area (Å²) in [7, 11) is 0. The van der Waals surface area contributed by atoms with E-state index in [0.717, 1.165) is 22.8 Å². The second-order valence-corrected chi connectivity index (χ2v) is 4.95. The molecule has 0 fully saturated rings. The predicted molar refractivity (Wildman–Crippen MR) is 71.6 cm³/mol. The average Bonchev–Trinajstić information content (AvgIpc) is 2.80. The van der Waals surface area contributed by atoms with Gasteiger partial charge in [0.05, 0.1) is 17.1 Å². The van der Waals surface area contributed by atoms with Gasteiger partial charge in [0.25, 0.3) is 0 Å². The first-order valence-electron chi connectivity index (χ1n) is 5.84. The van der Waals surface area contributed by atoms with Crippen LogP contribution in [0.25, 0.3) is 5.82 Å². The quantitative estimate of drug-likeness (QED) is 0.839. The van der Waals surface area contributed by atoms with Gasteiger partial charge in [0.2, 0.25) is 0 Å². The van der Waals surface area contributed by atoms with E-state index in [1.807, 2.05) is 32.0 Å². The minimum absolute atomic E-state index is 0.00582. The summed E-state index contributed by atoms with van der Waals surface area (Å²) in [5.74, 6) is -0.266. The van der Waals surface area contributed by atoms with Crippen molar-refractivity contribution in [1.82, 2.24) is 20.0 Å². The highest BCUT2D eigenvalue weighted by molar-refractivity contribution is 7.99. The maximum Gasteiger partial charge on any atom is 0.313 e. The van der Waals surface area contributed by atoms with Crippen LogP contribution in [0.3, 0.4) is 0 Å². The van der Waals surface area contributed by atoms with E-state index in [2.05, 4.69) is 15.3 Å². The van der Waals surface area contributed by atoms with Crippen molar-refractivity contribution in [3.05, 3.63) is 29.6 Å². The van der Waals surface area contributed by atoms with Crippen molar-refractivity contribution in [1.29, 1.82) is 0 Å². The molecule has 2 heterocycles. The summed E-state index contributed by atoms with van der Waals surface area (Å²) in [5.41, 5.74) is 1.72. The zero-order valence-electron chi connectivity index (χ0n) is 10.7. The van der Waals surface area contributed by atoms with Gasteiger partial charge < -0.3 is 5.11 Å². The number of carbonyl (C=O) groups is 1. The molecule has 1 N–H and O–H groups in total. The maximum atomic E-state index is 10.7. The molecule has 0 aromatic carbocycles. The third kappa shape index (κ3) is 3.31. The second kappa shape index (κ2) is 5.83. The van der Waals surface area contributed by atoms with Crippen molar-refractivity contribution in [2.45, 2.75) is 25.3 Å². The number of hydrogen-bond acceptors (Lipinski definition) is 5. The Morgan fingerprint density at radius 3 is 2.79 bits per heavy atom. The summed E-state index contributed by atoms with van der Waals surface area (Å²) in [6.07, 6.45) is 0.785. The predicted octanol–water partition coefficient (Wildman–Crippen LogP) is 1.71. The highest BCUT2D eigenvalue weighted by Crippen LogP contribution is 2.22. The van der Waals surface area contributed by atoms with Crippen molar-refractivity contribution in [3.63, 3.8) is 0 Å². The molecule has 6 nitrogen and oxygen atoms in total. The zero-order chi connectivity index (χ0) is 13.8. The van der Waals surface area contributed by atoms with Crippen molar-refractivity contribution < 1.29 is 9.90 Å². The smallest absolute Gasteiger partial charge is 0.313 e. The Balaban J connectivity index is 2.34. The highest BCUT2D eigenvalue weighted by Gasteiger charge is 2.12. The number of carboxylic acid groups (broad SMARTS) is 1. The van der Waals surface area contributed by atoms with Crippen molar-refractivity contribution in [3.8, 4) is 5.82 Å². The fourth-order valence-electron chi connectivity index (χ4n) is 1.49. The SMILES string of the molecule is CCc1cc(SCC(=O)O)n(-c2ccc(C)nn2)n1. The van der Waals surface area contributed by atoms with Gasteiger partial charge in [-0.05, 0) is 31.5 Å². The number of aryl methyl sites for hydroxylation is 2. The number of hydrogen-bond donors (Lipinski definition) is 1. The van der Waals surface area contributed by atoms with Gasteiger partial charge in [0, 0.05) is 0 Å². The van der Waals surface area contributed by atoms with Crippen molar-refractivity contribution >= 4 is 17.7 Å². The van der Waals surface area contributed by atoms with Crippen LogP contribution in [0, 0.1) is 6.92 Å². The molecule has 2 aromatic rings. The normalized spacial score (nSPS) is 10.6. The van der Waals surface area contributed by atoms with Gasteiger partial charge in [-0.2, -0.15) is 10.2 Å². The number of carboxylic acids is 1.